The number of esters is 2. The summed E-state index contributed by atoms with van der Waals surface area (Å²) in [4.78, 5) is 48.7. The van der Waals surface area contributed by atoms with Crippen LogP contribution in [0.2, 0.25) is 0 Å². The highest BCUT2D eigenvalue weighted by atomic mass is 16.6. The van der Waals surface area contributed by atoms with Crippen LogP contribution in [0.4, 0.5) is 0 Å². The minimum absolute atomic E-state index is 0.143. The van der Waals surface area contributed by atoms with Gasteiger partial charge < -0.3 is 9.47 Å². The standard InChI is InChI=1S/C15H11NO6/c1-8-13(19)22-15(8,14(20)21-2)7-16-11(17)9-5-3-4-6-10(9)12(16)18/h3-6H,1,7H2,2H3. The van der Waals surface area contributed by atoms with Gasteiger partial charge in [0.25, 0.3) is 17.4 Å². The second-order valence-electron chi connectivity index (χ2n) is 4.93. The molecule has 1 aromatic rings. The van der Waals surface area contributed by atoms with E-state index in [1.165, 1.54) is 12.1 Å². The van der Waals surface area contributed by atoms with Crippen molar-refractivity contribution in [2.45, 2.75) is 5.60 Å². The molecule has 2 aliphatic heterocycles. The highest BCUT2D eigenvalue weighted by Gasteiger charge is 2.60. The molecule has 0 radical (unpaired) electrons. The van der Waals surface area contributed by atoms with Gasteiger partial charge in [0.05, 0.1) is 30.4 Å². The molecule has 2 aliphatic rings. The molecule has 0 aliphatic carbocycles. The van der Waals surface area contributed by atoms with Crippen LogP contribution in [-0.4, -0.2) is 47.9 Å². The van der Waals surface area contributed by atoms with Crippen LogP contribution in [0, 0.1) is 0 Å². The molecule has 1 fully saturated rings. The molecule has 3 rings (SSSR count). The number of cyclic esters (lactones) is 1. The maximum absolute atomic E-state index is 12.3. The number of ether oxygens (including phenoxy) is 2. The van der Waals surface area contributed by atoms with E-state index in [9.17, 15) is 19.2 Å². The fourth-order valence-corrected chi connectivity index (χ4v) is 2.53. The predicted octanol–water partition coefficient (Wildman–Crippen LogP) is 0.307. The Bertz CT molecular complexity index is 717. The quantitative estimate of drug-likeness (QED) is 0.453. The highest BCUT2D eigenvalue weighted by Crippen LogP contribution is 2.37. The number of hydrogen-bond acceptors (Lipinski definition) is 6. The molecule has 7 heteroatoms. The lowest BCUT2D eigenvalue weighted by Gasteiger charge is -2.40. The maximum atomic E-state index is 12.3. The first-order valence-corrected chi connectivity index (χ1v) is 6.39. The summed E-state index contributed by atoms with van der Waals surface area (Å²) in [5, 5.41) is 0. The number of nitrogens with zero attached hydrogens (tertiary/aromatic N) is 1. The van der Waals surface area contributed by atoms with Crippen LogP contribution in [0.25, 0.3) is 0 Å². The number of benzene rings is 1. The van der Waals surface area contributed by atoms with Gasteiger partial charge >= 0.3 is 11.9 Å². The molecule has 2 heterocycles. The Labute approximate surface area is 125 Å². The van der Waals surface area contributed by atoms with Crippen LogP contribution in [0.15, 0.2) is 36.4 Å². The molecule has 0 saturated carbocycles. The Kier molecular flexibility index (Phi) is 2.88. The number of hydrogen-bond donors (Lipinski definition) is 0. The number of methoxy groups -OCH3 is 1. The summed E-state index contributed by atoms with van der Waals surface area (Å²) in [5.41, 5.74) is -1.48. The van der Waals surface area contributed by atoms with Gasteiger partial charge in [0, 0.05) is 0 Å². The van der Waals surface area contributed by atoms with Crippen LogP contribution in [-0.2, 0) is 19.1 Å². The molecule has 0 spiro atoms. The molecule has 1 unspecified atom stereocenters. The van der Waals surface area contributed by atoms with E-state index in [0.29, 0.717) is 0 Å². The fraction of sp³-hybridized carbons (Fsp3) is 0.200. The van der Waals surface area contributed by atoms with E-state index >= 15 is 0 Å². The number of carbonyl (C=O) groups is 4. The van der Waals surface area contributed by atoms with Crippen LogP contribution in [0.5, 0.6) is 0 Å². The van der Waals surface area contributed by atoms with E-state index in [1.807, 2.05) is 0 Å². The van der Waals surface area contributed by atoms with Gasteiger partial charge in [-0.05, 0) is 12.1 Å². The Morgan fingerprint density at radius 3 is 2.18 bits per heavy atom. The van der Waals surface area contributed by atoms with Crippen molar-refractivity contribution in [3.05, 3.63) is 47.5 Å². The minimum atomic E-state index is -1.82. The fourth-order valence-electron chi connectivity index (χ4n) is 2.53. The molecule has 7 nitrogen and oxygen atoms in total. The first-order valence-electron chi connectivity index (χ1n) is 6.39. The molecule has 0 bridgehead atoms. The maximum Gasteiger partial charge on any atom is 0.357 e. The summed E-state index contributed by atoms with van der Waals surface area (Å²) in [6, 6.07) is 6.29. The first-order chi connectivity index (χ1) is 10.4. The van der Waals surface area contributed by atoms with E-state index in [1.54, 1.807) is 12.1 Å². The smallest absolute Gasteiger partial charge is 0.357 e. The second-order valence-corrected chi connectivity index (χ2v) is 4.93. The largest absolute Gasteiger partial charge is 0.466 e. The zero-order valence-corrected chi connectivity index (χ0v) is 11.6. The normalized spacial score (nSPS) is 23.0. The Morgan fingerprint density at radius 2 is 1.77 bits per heavy atom. The van der Waals surface area contributed by atoms with Gasteiger partial charge in [-0.1, -0.05) is 18.7 Å². The first kappa shape index (κ1) is 14.0. The molecule has 0 N–H and O–H groups in total. The second kappa shape index (κ2) is 4.52. The van der Waals surface area contributed by atoms with Gasteiger partial charge in [0.15, 0.2) is 0 Å². The van der Waals surface area contributed by atoms with E-state index in [2.05, 4.69) is 11.3 Å². The van der Waals surface area contributed by atoms with E-state index in [-0.39, 0.29) is 16.7 Å². The van der Waals surface area contributed by atoms with Crippen molar-refractivity contribution in [2.24, 2.45) is 0 Å². The van der Waals surface area contributed by atoms with Gasteiger partial charge in [-0.2, -0.15) is 0 Å². The Balaban J connectivity index is 1.95. The Hall–Kier alpha value is -2.96. The van der Waals surface area contributed by atoms with E-state index in [4.69, 9.17) is 4.74 Å². The molecule has 1 saturated heterocycles. The molecule has 1 atom stereocenters. The lowest BCUT2D eigenvalue weighted by Crippen LogP contribution is -2.63. The molecule has 1 aromatic carbocycles. The van der Waals surface area contributed by atoms with Gasteiger partial charge in [-0.15, -0.1) is 0 Å². The zero-order valence-electron chi connectivity index (χ0n) is 11.6. The number of rotatable bonds is 3. The topological polar surface area (TPSA) is 90.0 Å². The molecule has 22 heavy (non-hydrogen) atoms. The third-order valence-corrected chi connectivity index (χ3v) is 3.77. The lowest BCUT2D eigenvalue weighted by atomic mass is 9.88. The third kappa shape index (κ3) is 1.62. The summed E-state index contributed by atoms with van der Waals surface area (Å²) >= 11 is 0. The predicted molar refractivity (Wildman–Crippen MR) is 71.8 cm³/mol. The number of fused-ring (bicyclic) bond motifs is 1. The highest BCUT2D eigenvalue weighted by molar-refractivity contribution is 6.22. The van der Waals surface area contributed by atoms with Crippen molar-refractivity contribution in [2.75, 3.05) is 13.7 Å². The van der Waals surface area contributed by atoms with E-state index < -0.39 is 35.9 Å². The molecule has 112 valence electrons. The van der Waals surface area contributed by atoms with Gasteiger partial charge in [0.1, 0.15) is 0 Å². The van der Waals surface area contributed by atoms with Crippen molar-refractivity contribution in [3.63, 3.8) is 0 Å². The number of imide groups is 1. The van der Waals surface area contributed by atoms with Gasteiger partial charge in [0.2, 0.25) is 0 Å². The van der Waals surface area contributed by atoms with Gasteiger partial charge in [-0.3, -0.25) is 14.5 Å². The monoisotopic (exact) mass is 301 g/mol. The number of amides is 2. The molecular weight excluding hydrogens is 290 g/mol. The van der Waals surface area contributed by atoms with Crippen LogP contribution >= 0.6 is 0 Å². The summed E-state index contributed by atoms with van der Waals surface area (Å²) in [7, 11) is 1.12. The minimum Gasteiger partial charge on any atom is -0.466 e. The third-order valence-electron chi connectivity index (χ3n) is 3.77. The van der Waals surface area contributed by atoms with Crippen molar-refractivity contribution in [3.8, 4) is 0 Å². The molecule has 0 aromatic heterocycles. The van der Waals surface area contributed by atoms with E-state index in [0.717, 1.165) is 12.0 Å². The molecule has 2 amide bonds. The Morgan fingerprint density at radius 1 is 1.23 bits per heavy atom. The summed E-state index contributed by atoms with van der Waals surface area (Å²) in [6.45, 7) is 3.03. The average molecular weight is 301 g/mol. The van der Waals surface area contributed by atoms with Crippen molar-refractivity contribution in [1.82, 2.24) is 4.90 Å². The summed E-state index contributed by atoms with van der Waals surface area (Å²) in [5.74, 6) is -2.75. The summed E-state index contributed by atoms with van der Waals surface area (Å²) in [6.07, 6.45) is 0. The van der Waals surface area contributed by atoms with Crippen molar-refractivity contribution >= 4 is 23.8 Å². The number of carbonyl (C=O) groups excluding carboxylic acids is 4. The van der Waals surface area contributed by atoms with Crippen molar-refractivity contribution < 1.29 is 28.7 Å². The SMILES string of the molecule is C=C1C(=O)OC1(CN1C(=O)c2ccccc2C1=O)C(=O)OC. The average Bonchev–Trinajstić information content (AvgIpc) is 2.78. The van der Waals surface area contributed by atoms with Crippen LogP contribution < -0.4 is 0 Å². The lowest BCUT2D eigenvalue weighted by molar-refractivity contribution is -0.190. The molecular formula is C15H11NO6. The summed E-state index contributed by atoms with van der Waals surface area (Å²) < 4.78 is 9.50. The van der Waals surface area contributed by atoms with Crippen LogP contribution in [0.1, 0.15) is 20.7 Å². The van der Waals surface area contributed by atoms with Crippen LogP contribution in [0.3, 0.4) is 0 Å². The van der Waals surface area contributed by atoms with Crippen molar-refractivity contribution in [1.29, 1.82) is 0 Å². The van der Waals surface area contributed by atoms with Gasteiger partial charge in [-0.25, -0.2) is 9.59 Å². The zero-order chi connectivity index (χ0) is 16.1.